The average Bonchev–Trinajstić information content (AvgIpc) is 2.62. The number of benzene rings is 2. The monoisotopic (exact) mass is 418 g/mol. The van der Waals surface area contributed by atoms with Crippen molar-refractivity contribution < 1.29 is 8.42 Å². The van der Waals surface area contributed by atoms with Crippen molar-refractivity contribution in [3.8, 4) is 0 Å². The van der Waals surface area contributed by atoms with E-state index < -0.39 is 10.0 Å². The molecule has 138 valence electrons. The van der Waals surface area contributed by atoms with E-state index in [1.54, 1.807) is 48.8 Å². The van der Waals surface area contributed by atoms with Crippen LogP contribution in [0.2, 0.25) is 5.02 Å². The molecule has 0 aliphatic heterocycles. The van der Waals surface area contributed by atoms with E-state index >= 15 is 0 Å². The third kappa shape index (κ3) is 5.40. The molecule has 6 nitrogen and oxygen atoms in total. The summed E-state index contributed by atoms with van der Waals surface area (Å²) in [4.78, 5) is 4.12. The maximum Gasteiger partial charge on any atom is 0.261 e. The Balaban J connectivity index is 1.66. The van der Waals surface area contributed by atoms with Gasteiger partial charge in [-0.05, 0) is 66.8 Å². The van der Waals surface area contributed by atoms with E-state index in [4.69, 9.17) is 23.8 Å². The fraction of sp³-hybridized carbons (Fsp3) is 0. The molecule has 0 spiro atoms. The molecule has 1 heterocycles. The molecule has 3 N–H and O–H groups in total. The van der Waals surface area contributed by atoms with Gasteiger partial charge in [0.1, 0.15) is 0 Å². The smallest absolute Gasteiger partial charge is 0.261 e. The van der Waals surface area contributed by atoms with E-state index in [9.17, 15) is 8.42 Å². The van der Waals surface area contributed by atoms with E-state index in [2.05, 4.69) is 20.3 Å². The predicted octanol–water partition coefficient (Wildman–Crippen LogP) is 4.34. The van der Waals surface area contributed by atoms with Crippen molar-refractivity contribution in [3.05, 3.63) is 78.1 Å². The SMILES string of the molecule is O=S(=O)(Nc1cccc(Cl)c1)c1ccc(NC(=S)Nc2cccnc2)cc1. The van der Waals surface area contributed by atoms with Gasteiger partial charge in [0, 0.05) is 16.9 Å². The summed E-state index contributed by atoms with van der Waals surface area (Å²) in [6.45, 7) is 0. The zero-order chi connectivity index (χ0) is 19.3. The minimum Gasteiger partial charge on any atom is -0.332 e. The molecule has 0 bridgehead atoms. The number of pyridine rings is 1. The zero-order valence-corrected chi connectivity index (χ0v) is 16.3. The molecule has 0 fully saturated rings. The number of halogens is 1. The summed E-state index contributed by atoms with van der Waals surface area (Å²) in [5, 5.41) is 6.79. The van der Waals surface area contributed by atoms with E-state index in [0.717, 1.165) is 5.69 Å². The van der Waals surface area contributed by atoms with Gasteiger partial charge in [-0.25, -0.2) is 8.42 Å². The number of sulfonamides is 1. The minimum absolute atomic E-state index is 0.124. The average molecular weight is 419 g/mol. The molecule has 0 unspecified atom stereocenters. The first-order valence-corrected chi connectivity index (χ1v) is 10.1. The van der Waals surface area contributed by atoms with Crippen LogP contribution >= 0.6 is 23.8 Å². The second-order valence-corrected chi connectivity index (χ2v) is 7.99. The van der Waals surface area contributed by atoms with E-state index in [1.165, 1.54) is 18.2 Å². The Morgan fingerprint density at radius 3 is 2.30 bits per heavy atom. The Morgan fingerprint density at radius 1 is 0.926 bits per heavy atom. The first-order chi connectivity index (χ1) is 12.9. The standard InChI is InChI=1S/C18H15ClN4O2S2/c19-13-3-1-4-15(11-13)23-27(24,25)17-8-6-14(7-9-17)21-18(26)22-16-5-2-10-20-12-16/h1-12,23H,(H2,21,22,26). The highest BCUT2D eigenvalue weighted by atomic mass is 35.5. The summed E-state index contributed by atoms with van der Waals surface area (Å²) in [5.74, 6) is 0. The molecule has 27 heavy (non-hydrogen) atoms. The van der Waals surface area contributed by atoms with Crippen LogP contribution in [0.5, 0.6) is 0 Å². The van der Waals surface area contributed by atoms with Gasteiger partial charge in [-0.3, -0.25) is 9.71 Å². The number of hydrogen-bond donors (Lipinski definition) is 3. The summed E-state index contributed by atoms with van der Waals surface area (Å²) in [6.07, 6.45) is 3.31. The molecule has 0 atom stereocenters. The number of nitrogens with zero attached hydrogens (tertiary/aromatic N) is 1. The van der Waals surface area contributed by atoms with Crippen LogP contribution in [0.1, 0.15) is 0 Å². The number of anilines is 3. The molecule has 3 rings (SSSR count). The minimum atomic E-state index is -3.72. The fourth-order valence-electron chi connectivity index (χ4n) is 2.21. The van der Waals surface area contributed by atoms with Crippen molar-refractivity contribution in [3.63, 3.8) is 0 Å². The third-order valence-corrected chi connectivity index (χ3v) is 5.26. The van der Waals surface area contributed by atoms with Crippen molar-refractivity contribution >= 4 is 56.0 Å². The van der Waals surface area contributed by atoms with Crippen LogP contribution < -0.4 is 15.4 Å². The van der Waals surface area contributed by atoms with Crippen molar-refractivity contribution in [2.45, 2.75) is 4.90 Å². The van der Waals surface area contributed by atoms with Gasteiger partial charge in [-0.1, -0.05) is 17.7 Å². The molecular weight excluding hydrogens is 404 g/mol. The van der Waals surface area contributed by atoms with Gasteiger partial charge in [0.2, 0.25) is 0 Å². The highest BCUT2D eigenvalue weighted by Gasteiger charge is 2.14. The van der Waals surface area contributed by atoms with Gasteiger partial charge >= 0.3 is 0 Å². The molecule has 0 saturated carbocycles. The number of thiocarbonyl (C=S) groups is 1. The molecule has 2 aromatic carbocycles. The van der Waals surface area contributed by atoms with Crippen LogP contribution in [0.25, 0.3) is 0 Å². The maximum atomic E-state index is 12.5. The molecule has 0 radical (unpaired) electrons. The third-order valence-electron chi connectivity index (χ3n) is 3.42. The Hall–Kier alpha value is -2.68. The molecular formula is C18H15ClN4O2S2. The van der Waals surface area contributed by atoms with E-state index in [0.29, 0.717) is 21.5 Å². The van der Waals surface area contributed by atoms with Gasteiger partial charge < -0.3 is 10.6 Å². The molecule has 0 saturated heterocycles. The van der Waals surface area contributed by atoms with Crippen molar-refractivity contribution in [2.75, 3.05) is 15.4 Å². The molecule has 0 amide bonds. The maximum absolute atomic E-state index is 12.5. The van der Waals surface area contributed by atoms with Crippen LogP contribution in [0, 0.1) is 0 Å². The number of nitrogens with one attached hydrogen (secondary N) is 3. The lowest BCUT2D eigenvalue weighted by Crippen LogP contribution is -2.19. The van der Waals surface area contributed by atoms with Gasteiger partial charge in [0.05, 0.1) is 22.5 Å². The molecule has 0 aliphatic rings. The van der Waals surface area contributed by atoms with Crippen LogP contribution in [0.4, 0.5) is 17.1 Å². The summed E-state index contributed by atoms with van der Waals surface area (Å²) in [7, 11) is -3.72. The Kier molecular flexibility index (Phi) is 5.90. The van der Waals surface area contributed by atoms with Crippen molar-refractivity contribution in [1.82, 2.24) is 4.98 Å². The van der Waals surface area contributed by atoms with E-state index in [-0.39, 0.29) is 4.90 Å². The van der Waals surface area contributed by atoms with Gasteiger partial charge in [0.15, 0.2) is 5.11 Å². The Bertz CT molecular complexity index is 1040. The lowest BCUT2D eigenvalue weighted by atomic mass is 10.3. The highest BCUT2D eigenvalue weighted by Crippen LogP contribution is 2.20. The lowest BCUT2D eigenvalue weighted by molar-refractivity contribution is 0.601. The van der Waals surface area contributed by atoms with Gasteiger partial charge in [-0.2, -0.15) is 0 Å². The number of aromatic nitrogens is 1. The molecule has 9 heteroatoms. The summed E-state index contributed by atoms with van der Waals surface area (Å²) in [6, 6.07) is 16.4. The second-order valence-electron chi connectivity index (χ2n) is 5.46. The van der Waals surface area contributed by atoms with Gasteiger partial charge in [-0.15, -0.1) is 0 Å². The molecule has 0 aliphatic carbocycles. The summed E-state index contributed by atoms with van der Waals surface area (Å²) < 4.78 is 27.4. The molecule has 1 aromatic heterocycles. The lowest BCUT2D eigenvalue weighted by Gasteiger charge is -2.12. The number of hydrogen-bond acceptors (Lipinski definition) is 4. The second kappa shape index (κ2) is 8.34. The first-order valence-electron chi connectivity index (χ1n) is 7.79. The fourth-order valence-corrected chi connectivity index (χ4v) is 3.69. The molecule has 3 aromatic rings. The van der Waals surface area contributed by atoms with Crippen molar-refractivity contribution in [2.24, 2.45) is 0 Å². The van der Waals surface area contributed by atoms with Crippen LogP contribution in [-0.2, 0) is 10.0 Å². The van der Waals surface area contributed by atoms with Crippen LogP contribution in [0.15, 0.2) is 78.0 Å². The Morgan fingerprint density at radius 2 is 1.63 bits per heavy atom. The number of rotatable bonds is 5. The van der Waals surface area contributed by atoms with Gasteiger partial charge in [0.25, 0.3) is 10.0 Å². The van der Waals surface area contributed by atoms with Crippen LogP contribution in [-0.4, -0.2) is 18.5 Å². The van der Waals surface area contributed by atoms with Crippen LogP contribution in [0.3, 0.4) is 0 Å². The predicted molar refractivity (Wildman–Crippen MR) is 113 cm³/mol. The summed E-state index contributed by atoms with van der Waals surface area (Å²) >= 11 is 11.1. The van der Waals surface area contributed by atoms with E-state index in [1.807, 2.05) is 6.07 Å². The normalized spacial score (nSPS) is 10.9. The summed E-state index contributed by atoms with van der Waals surface area (Å²) in [5.41, 5.74) is 1.80. The zero-order valence-electron chi connectivity index (χ0n) is 13.9. The Labute approximate surface area is 167 Å². The van der Waals surface area contributed by atoms with Crippen molar-refractivity contribution in [1.29, 1.82) is 0 Å². The topological polar surface area (TPSA) is 83.1 Å². The largest absolute Gasteiger partial charge is 0.332 e. The first kappa shape index (κ1) is 19.1. The quantitative estimate of drug-likeness (QED) is 0.534. The highest BCUT2D eigenvalue weighted by molar-refractivity contribution is 7.92.